The summed E-state index contributed by atoms with van der Waals surface area (Å²) in [7, 11) is 3.06. The molecule has 0 aliphatic carbocycles. The minimum absolute atomic E-state index is 0.00980. The van der Waals surface area contributed by atoms with Crippen LogP contribution in [0.3, 0.4) is 0 Å². The first-order valence-electron chi connectivity index (χ1n) is 5.58. The van der Waals surface area contributed by atoms with Gasteiger partial charge in [0.15, 0.2) is 0 Å². The van der Waals surface area contributed by atoms with Crippen LogP contribution in [0, 0.1) is 5.92 Å². The number of rotatable bonds is 4. The van der Waals surface area contributed by atoms with Crippen molar-refractivity contribution in [2.24, 2.45) is 5.92 Å². The van der Waals surface area contributed by atoms with Gasteiger partial charge in [-0.1, -0.05) is 11.6 Å². The molecule has 0 atom stereocenters. The van der Waals surface area contributed by atoms with Crippen LogP contribution in [0.25, 0.3) is 0 Å². The van der Waals surface area contributed by atoms with Crippen molar-refractivity contribution in [2.45, 2.75) is 0 Å². The minimum Gasteiger partial charge on any atom is -0.495 e. The van der Waals surface area contributed by atoms with Gasteiger partial charge in [0.1, 0.15) is 11.5 Å². The number of ether oxygens (including phenoxy) is 2. The first kappa shape index (κ1) is 13.0. The number of hydrogen-bond acceptors (Lipinski definition) is 4. The van der Waals surface area contributed by atoms with Crippen molar-refractivity contribution in [3.8, 4) is 11.5 Å². The summed E-state index contributed by atoms with van der Waals surface area (Å²) in [5.41, 5.74) is 0.556. The fourth-order valence-electron chi connectivity index (χ4n) is 1.67. The van der Waals surface area contributed by atoms with Crippen LogP contribution in [0.1, 0.15) is 0 Å². The Bertz CT molecular complexity index is 461. The number of carbonyl (C=O) groups is 1. The Morgan fingerprint density at radius 2 is 2.00 bits per heavy atom. The summed E-state index contributed by atoms with van der Waals surface area (Å²) < 4.78 is 10.3. The maximum atomic E-state index is 11.8. The van der Waals surface area contributed by atoms with Gasteiger partial charge in [0.2, 0.25) is 5.91 Å². The van der Waals surface area contributed by atoms with Gasteiger partial charge in [-0.05, 0) is 6.07 Å². The number of hydrogen-bond donors (Lipinski definition) is 2. The predicted molar refractivity (Wildman–Crippen MR) is 69.5 cm³/mol. The third kappa shape index (κ3) is 2.52. The van der Waals surface area contributed by atoms with Crippen LogP contribution in [-0.4, -0.2) is 33.2 Å². The predicted octanol–water partition coefficient (Wildman–Crippen LogP) is 1.52. The Labute approximate surface area is 110 Å². The molecular formula is C12H15ClN2O3. The van der Waals surface area contributed by atoms with Crippen LogP contribution in [0.15, 0.2) is 12.1 Å². The number of nitrogens with one attached hydrogen (secondary N) is 2. The fraction of sp³-hybridized carbons (Fsp3) is 0.417. The Hall–Kier alpha value is -1.46. The summed E-state index contributed by atoms with van der Waals surface area (Å²) in [6.07, 6.45) is 0. The van der Waals surface area contributed by atoms with Crippen molar-refractivity contribution >= 4 is 23.2 Å². The summed E-state index contributed by atoms with van der Waals surface area (Å²) in [4.78, 5) is 11.8. The van der Waals surface area contributed by atoms with E-state index in [1.807, 2.05) is 0 Å². The van der Waals surface area contributed by atoms with E-state index in [1.165, 1.54) is 14.2 Å². The van der Waals surface area contributed by atoms with Gasteiger partial charge < -0.3 is 20.1 Å². The van der Waals surface area contributed by atoms with Crippen LogP contribution in [0.2, 0.25) is 5.02 Å². The topological polar surface area (TPSA) is 59.6 Å². The van der Waals surface area contributed by atoms with Crippen LogP contribution >= 0.6 is 11.6 Å². The Kier molecular flexibility index (Phi) is 3.93. The molecule has 1 heterocycles. The Morgan fingerprint density at radius 1 is 1.33 bits per heavy atom. The summed E-state index contributed by atoms with van der Waals surface area (Å²) in [6, 6.07) is 3.28. The number of benzene rings is 1. The Morgan fingerprint density at radius 3 is 2.50 bits per heavy atom. The van der Waals surface area contributed by atoms with Gasteiger partial charge in [0.25, 0.3) is 0 Å². The van der Waals surface area contributed by atoms with Crippen molar-refractivity contribution < 1.29 is 14.3 Å². The maximum Gasteiger partial charge on any atom is 0.230 e. The van der Waals surface area contributed by atoms with Gasteiger partial charge in [-0.25, -0.2) is 0 Å². The van der Waals surface area contributed by atoms with E-state index in [4.69, 9.17) is 21.1 Å². The minimum atomic E-state index is -0.0340. The Balaban J connectivity index is 2.20. The largest absolute Gasteiger partial charge is 0.495 e. The fourth-order valence-corrected chi connectivity index (χ4v) is 1.91. The summed E-state index contributed by atoms with van der Waals surface area (Å²) in [6.45, 7) is 1.41. The lowest BCUT2D eigenvalue weighted by Crippen LogP contribution is -2.48. The average Bonchev–Trinajstić information content (AvgIpc) is 2.27. The first-order valence-corrected chi connectivity index (χ1v) is 5.96. The lowest BCUT2D eigenvalue weighted by atomic mass is 10.0. The van der Waals surface area contributed by atoms with Crippen molar-refractivity contribution in [1.82, 2.24) is 5.32 Å². The van der Waals surface area contributed by atoms with E-state index in [0.29, 0.717) is 35.3 Å². The van der Waals surface area contributed by atoms with Gasteiger partial charge >= 0.3 is 0 Å². The van der Waals surface area contributed by atoms with Gasteiger partial charge in [0.05, 0.1) is 30.8 Å². The second-order valence-corrected chi connectivity index (χ2v) is 4.44. The molecule has 0 aromatic heterocycles. The molecule has 1 amide bonds. The second-order valence-electron chi connectivity index (χ2n) is 4.03. The number of anilines is 1. The highest BCUT2D eigenvalue weighted by Crippen LogP contribution is 2.36. The zero-order valence-electron chi connectivity index (χ0n) is 10.2. The highest BCUT2D eigenvalue weighted by Gasteiger charge is 2.25. The molecule has 98 valence electrons. The van der Waals surface area contributed by atoms with E-state index in [0.717, 1.165) is 0 Å². The van der Waals surface area contributed by atoms with E-state index >= 15 is 0 Å². The molecule has 5 nitrogen and oxygen atoms in total. The third-order valence-corrected chi connectivity index (χ3v) is 3.18. The lowest BCUT2D eigenvalue weighted by Gasteiger charge is -2.26. The van der Waals surface area contributed by atoms with Crippen LogP contribution < -0.4 is 20.1 Å². The molecule has 2 rings (SSSR count). The highest BCUT2D eigenvalue weighted by molar-refractivity contribution is 6.32. The van der Waals surface area contributed by atoms with Gasteiger partial charge in [-0.2, -0.15) is 0 Å². The summed E-state index contributed by atoms with van der Waals surface area (Å²) in [5.74, 6) is 1.01. The molecule has 1 fully saturated rings. The van der Waals surface area contributed by atoms with Gasteiger partial charge in [-0.3, -0.25) is 4.79 Å². The van der Waals surface area contributed by atoms with Crippen molar-refractivity contribution in [3.63, 3.8) is 0 Å². The molecule has 1 saturated heterocycles. The number of amides is 1. The third-order valence-electron chi connectivity index (χ3n) is 2.88. The molecule has 1 aliphatic heterocycles. The van der Waals surface area contributed by atoms with E-state index in [9.17, 15) is 4.79 Å². The number of methoxy groups -OCH3 is 2. The molecule has 0 bridgehead atoms. The van der Waals surface area contributed by atoms with Crippen molar-refractivity contribution in [1.29, 1.82) is 0 Å². The number of carbonyl (C=O) groups excluding carboxylic acids is 1. The normalized spacial score (nSPS) is 14.8. The molecule has 0 spiro atoms. The average molecular weight is 271 g/mol. The molecule has 2 N–H and O–H groups in total. The zero-order chi connectivity index (χ0) is 13.1. The summed E-state index contributed by atoms with van der Waals surface area (Å²) >= 11 is 6.03. The van der Waals surface area contributed by atoms with Crippen molar-refractivity contribution in [2.75, 3.05) is 32.6 Å². The number of halogens is 1. The maximum absolute atomic E-state index is 11.8. The van der Waals surface area contributed by atoms with E-state index < -0.39 is 0 Å². The molecule has 0 saturated carbocycles. The van der Waals surface area contributed by atoms with Crippen LogP contribution in [-0.2, 0) is 4.79 Å². The molecule has 0 radical (unpaired) electrons. The van der Waals surface area contributed by atoms with Crippen molar-refractivity contribution in [3.05, 3.63) is 17.2 Å². The van der Waals surface area contributed by atoms with E-state index in [-0.39, 0.29) is 11.8 Å². The molecule has 1 aromatic rings. The first-order chi connectivity index (χ1) is 8.65. The molecule has 1 aromatic carbocycles. The molecule has 6 heteroatoms. The molecule has 1 aliphatic rings. The molecule has 18 heavy (non-hydrogen) atoms. The van der Waals surface area contributed by atoms with E-state index in [1.54, 1.807) is 12.1 Å². The van der Waals surface area contributed by atoms with Crippen LogP contribution in [0.5, 0.6) is 11.5 Å². The van der Waals surface area contributed by atoms with Gasteiger partial charge in [0, 0.05) is 19.2 Å². The van der Waals surface area contributed by atoms with Gasteiger partial charge in [-0.15, -0.1) is 0 Å². The SMILES string of the molecule is COc1cc(OC)c(NC(=O)C2CNC2)cc1Cl. The summed E-state index contributed by atoms with van der Waals surface area (Å²) in [5, 5.41) is 6.29. The second kappa shape index (κ2) is 5.46. The smallest absolute Gasteiger partial charge is 0.230 e. The standard InChI is InChI=1S/C12H15ClN2O3/c1-17-10-4-11(18-2)9(3-8(10)13)15-12(16)7-5-14-6-7/h3-4,7,14H,5-6H2,1-2H3,(H,15,16). The highest BCUT2D eigenvalue weighted by atomic mass is 35.5. The van der Waals surface area contributed by atoms with E-state index in [2.05, 4.69) is 10.6 Å². The quantitative estimate of drug-likeness (QED) is 0.871. The molecular weight excluding hydrogens is 256 g/mol. The lowest BCUT2D eigenvalue weighted by molar-refractivity contribution is -0.121. The monoisotopic (exact) mass is 270 g/mol. The zero-order valence-corrected chi connectivity index (χ0v) is 11.0. The van der Waals surface area contributed by atoms with Crippen LogP contribution in [0.4, 0.5) is 5.69 Å². The molecule has 0 unspecified atom stereocenters.